The molecule has 0 spiro atoms. The van der Waals surface area contributed by atoms with E-state index < -0.39 is 17.6 Å². The Balaban J connectivity index is 1.71. The second-order valence-corrected chi connectivity index (χ2v) is 7.72. The van der Waals surface area contributed by atoms with E-state index in [4.69, 9.17) is 0 Å². The molecule has 0 unspecified atom stereocenters. The monoisotopic (exact) mass is 415 g/mol. The van der Waals surface area contributed by atoms with Gasteiger partial charge in [-0.15, -0.1) is 0 Å². The Hall–Kier alpha value is -3.80. The highest BCUT2D eigenvalue weighted by Gasteiger charge is 2.39. The summed E-state index contributed by atoms with van der Waals surface area (Å²) in [7, 11) is 0. The molecule has 0 bridgehead atoms. The van der Waals surface area contributed by atoms with E-state index in [1.54, 1.807) is 24.5 Å². The van der Waals surface area contributed by atoms with E-state index in [2.05, 4.69) is 24.1 Å². The summed E-state index contributed by atoms with van der Waals surface area (Å²) in [5.41, 5.74) is 3.49. The third-order valence-electron chi connectivity index (χ3n) is 5.21. The molecule has 1 aromatic heterocycles. The standard InChI is InChI=1S/C25H22FN3O2/c1-16(2)18-7-11-21(12-8-18)28-23-22(19-5-9-20(26)10-6-19)24(30)29(25(23)31)15-17-4-3-13-27-14-17/h3-14,16,28H,15H2,1-2H3. The van der Waals surface area contributed by atoms with Crippen molar-refractivity contribution in [2.45, 2.75) is 26.3 Å². The topological polar surface area (TPSA) is 62.3 Å². The van der Waals surface area contributed by atoms with Crippen LogP contribution in [0.5, 0.6) is 0 Å². The van der Waals surface area contributed by atoms with Gasteiger partial charge in [-0.1, -0.05) is 44.2 Å². The minimum absolute atomic E-state index is 0.105. The van der Waals surface area contributed by atoms with Crippen molar-refractivity contribution < 1.29 is 14.0 Å². The molecule has 3 aromatic rings. The molecule has 0 radical (unpaired) electrons. The van der Waals surface area contributed by atoms with Crippen molar-refractivity contribution in [3.8, 4) is 0 Å². The van der Waals surface area contributed by atoms with Crippen LogP contribution in [0.15, 0.2) is 78.8 Å². The van der Waals surface area contributed by atoms with Crippen molar-refractivity contribution in [1.29, 1.82) is 0 Å². The molecule has 0 fully saturated rings. The first-order valence-corrected chi connectivity index (χ1v) is 10.1. The van der Waals surface area contributed by atoms with Gasteiger partial charge in [0.2, 0.25) is 0 Å². The summed E-state index contributed by atoms with van der Waals surface area (Å²) in [5.74, 6) is -0.886. The molecule has 31 heavy (non-hydrogen) atoms. The van der Waals surface area contributed by atoms with Crippen LogP contribution < -0.4 is 5.32 Å². The Kier molecular flexibility index (Phi) is 5.62. The molecule has 2 aromatic carbocycles. The molecular formula is C25H22FN3O2. The van der Waals surface area contributed by atoms with E-state index in [0.29, 0.717) is 17.2 Å². The number of aromatic nitrogens is 1. The summed E-state index contributed by atoms with van der Waals surface area (Å²) in [6.45, 7) is 4.31. The zero-order valence-electron chi connectivity index (χ0n) is 17.3. The molecular weight excluding hydrogens is 393 g/mol. The number of pyridine rings is 1. The zero-order valence-corrected chi connectivity index (χ0v) is 17.3. The number of hydrogen-bond donors (Lipinski definition) is 1. The fraction of sp³-hybridized carbons (Fsp3) is 0.160. The largest absolute Gasteiger partial charge is 0.350 e. The number of nitrogens with zero attached hydrogens (tertiary/aromatic N) is 2. The number of carbonyl (C=O) groups is 2. The number of halogens is 1. The lowest BCUT2D eigenvalue weighted by Gasteiger charge is -2.15. The maximum absolute atomic E-state index is 13.5. The van der Waals surface area contributed by atoms with Gasteiger partial charge in [-0.05, 0) is 52.9 Å². The van der Waals surface area contributed by atoms with Crippen molar-refractivity contribution in [2.75, 3.05) is 5.32 Å². The molecule has 1 aliphatic rings. The van der Waals surface area contributed by atoms with Gasteiger partial charge < -0.3 is 5.32 Å². The first-order valence-electron chi connectivity index (χ1n) is 10.1. The first kappa shape index (κ1) is 20.5. The quantitative estimate of drug-likeness (QED) is 0.591. The molecule has 1 N–H and O–H groups in total. The molecule has 156 valence electrons. The summed E-state index contributed by atoms with van der Waals surface area (Å²) in [6, 6.07) is 16.9. The van der Waals surface area contributed by atoms with Gasteiger partial charge in [0.15, 0.2) is 0 Å². The highest BCUT2D eigenvalue weighted by molar-refractivity contribution is 6.36. The van der Waals surface area contributed by atoms with Crippen LogP contribution in [0, 0.1) is 5.82 Å². The van der Waals surface area contributed by atoms with Crippen LogP contribution in [-0.4, -0.2) is 21.7 Å². The van der Waals surface area contributed by atoms with Gasteiger partial charge >= 0.3 is 0 Å². The highest BCUT2D eigenvalue weighted by Crippen LogP contribution is 2.32. The van der Waals surface area contributed by atoms with Crippen molar-refractivity contribution >= 4 is 23.1 Å². The molecule has 1 aliphatic heterocycles. The number of carbonyl (C=O) groups excluding carboxylic acids is 2. The van der Waals surface area contributed by atoms with E-state index in [-0.39, 0.29) is 17.8 Å². The van der Waals surface area contributed by atoms with Crippen molar-refractivity contribution in [3.05, 3.63) is 101 Å². The van der Waals surface area contributed by atoms with Gasteiger partial charge in [0.1, 0.15) is 11.5 Å². The van der Waals surface area contributed by atoms with Crippen LogP contribution in [0.4, 0.5) is 10.1 Å². The molecule has 6 heteroatoms. The number of benzene rings is 2. The maximum atomic E-state index is 13.5. The molecule has 5 nitrogen and oxygen atoms in total. The van der Waals surface area contributed by atoms with Gasteiger partial charge in [-0.2, -0.15) is 0 Å². The van der Waals surface area contributed by atoms with E-state index >= 15 is 0 Å². The van der Waals surface area contributed by atoms with Crippen LogP contribution >= 0.6 is 0 Å². The van der Waals surface area contributed by atoms with Crippen LogP contribution in [0.2, 0.25) is 0 Å². The lowest BCUT2D eigenvalue weighted by Crippen LogP contribution is -2.32. The second kappa shape index (κ2) is 8.52. The number of hydrogen-bond acceptors (Lipinski definition) is 4. The number of imide groups is 1. The van der Waals surface area contributed by atoms with E-state index in [9.17, 15) is 14.0 Å². The maximum Gasteiger partial charge on any atom is 0.278 e. The van der Waals surface area contributed by atoms with Crippen LogP contribution in [0.1, 0.15) is 36.5 Å². The third kappa shape index (κ3) is 4.23. The smallest absolute Gasteiger partial charge is 0.278 e. The molecule has 0 atom stereocenters. The Morgan fingerprint density at radius 1 is 0.968 bits per heavy atom. The summed E-state index contributed by atoms with van der Waals surface area (Å²) in [6.07, 6.45) is 3.25. The Labute approximate surface area is 180 Å². The molecule has 2 amide bonds. The molecule has 2 heterocycles. The summed E-state index contributed by atoms with van der Waals surface area (Å²) < 4.78 is 13.5. The molecule has 0 saturated heterocycles. The SMILES string of the molecule is CC(C)c1ccc(NC2=C(c3ccc(F)cc3)C(=O)N(Cc3cccnc3)C2=O)cc1. The van der Waals surface area contributed by atoms with Crippen LogP contribution in [-0.2, 0) is 16.1 Å². The minimum atomic E-state index is -0.430. The van der Waals surface area contributed by atoms with Crippen molar-refractivity contribution in [3.63, 3.8) is 0 Å². The summed E-state index contributed by atoms with van der Waals surface area (Å²) >= 11 is 0. The number of anilines is 1. The van der Waals surface area contributed by atoms with E-state index in [0.717, 1.165) is 5.56 Å². The average molecular weight is 415 g/mol. The fourth-order valence-electron chi connectivity index (χ4n) is 3.49. The van der Waals surface area contributed by atoms with Gasteiger partial charge in [-0.25, -0.2) is 4.39 Å². The van der Waals surface area contributed by atoms with Crippen LogP contribution in [0.3, 0.4) is 0 Å². The van der Waals surface area contributed by atoms with Crippen molar-refractivity contribution in [2.24, 2.45) is 0 Å². The normalized spacial score (nSPS) is 14.0. The predicted molar refractivity (Wildman–Crippen MR) is 117 cm³/mol. The minimum Gasteiger partial charge on any atom is -0.350 e. The Bertz CT molecular complexity index is 1140. The second-order valence-electron chi connectivity index (χ2n) is 7.72. The predicted octanol–water partition coefficient (Wildman–Crippen LogP) is 4.74. The highest BCUT2D eigenvalue weighted by atomic mass is 19.1. The van der Waals surface area contributed by atoms with Crippen molar-refractivity contribution in [1.82, 2.24) is 9.88 Å². The number of rotatable bonds is 6. The summed E-state index contributed by atoms with van der Waals surface area (Å²) in [4.78, 5) is 31.7. The Morgan fingerprint density at radius 3 is 2.29 bits per heavy atom. The van der Waals surface area contributed by atoms with E-state index in [1.807, 2.05) is 24.3 Å². The Morgan fingerprint density at radius 2 is 1.68 bits per heavy atom. The van der Waals surface area contributed by atoms with Gasteiger partial charge in [-0.3, -0.25) is 19.5 Å². The average Bonchev–Trinajstić information content (AvgIpc) is 3.00. The third-order valence-corrected chi connectivity index (χ3v) is 5.21. The molecule has 0 saturated carbocycles. The number of nitrogens with one attached hydrogen (secondary N) is 1. The lowest BCUT2D eigenvalue weighted by atomic mass is 10.0. The van der Waals surface area contributed by atoms with Gasteiger partial charge in [0, 0.05) is 18.1 Å². The first-order chi connectivity index (χ1) is 14.9. The van der Waals surface area contributed by atoms with E-state index in [1.165, 1.54) is 34.7 Å². The van der Waals surface area contributed by atoms with Crippen LogP contribution in [0.25, 0.3) is 5.57 Å². The molecule has 4 rings (SSSR count). The van der Waals surface area contributed by atoms with Gasteiger partial charge in [0.05, 0.1) is 12.1 Å². The van der Waals surface area contributed by atoms with Gasteiger partial charge in [0.25, 0.3) is 11.8 Å². The lowest BCUT2D eigenvalue weighted by molar-refractivity contribution is -0.137. The molecule has 0 aliphatic carbocycles. The number of amides is 2. The fourth-order valence-corrected chi connectivity index (χ4v) is 3.49. The summed E-state index contributed by atoms with van der Waals surface area (Å²) in [5, 5.41) is 3.12. The zero-order chi connectivity index (χ0) is 22.0.